The minimum Gasteiger partial charge on any atom is -0.497 e. The Labute approximate surface area is 138 Å². The van der Waals surface area contributed by atoms with Gasteiger partial charge in [-0.3, -0.25) is 4.79 Å². The molecule has 1 amide bonds. The minimum atomic E-state index is 0. The number of amides is 1. The molecule has 6 heteroatoms. The van der Waals surface area contributed by atoms with Crippen molar-refractivity contribution in [1.82, 2.24) is 10.2 Å². The zero-order valence-electron chi connectivity index (χ0n) is 13.2. The predicted octanol–water partition coefficient (Wildman–Crippen LogP) is 1.95. The van der Waals surface area contributed by atoms with E-state index in [1.807, 2.05) is 36.2 Å². The Balaban J connectivity index is 0.00000242. The third-order valence-electron chi connectivity index (χ3n) is 3.78. The van der Waals surface area contributed by atoms with Crippen molar-refractivity contribution in [3.05, 3.63) is 24.3 Å². The molecule has 1 N–H and O–H groups in total. The maximum Gasteiger partial charge on any atom is 0.226 e. The molecule has 1 aromatic rings. The van der Waals surface area contributed by atoms with Gasteiger partial charge in [0.2, 0.25) is 5.91 Å². The molecule has 1 fully saturated rings. The average molecular weight is 329 g/mol. The third-order valence-corrected chi connectivity index (χ3v) is 3.78. The van der Waals surface area contributed by atoms with Gasteiger partial charge in [-0.2, -0.15) is 0 Å². The first-order valence-electron chi connectivity index (χ1n) is 7.42. The van der Waals surface area contributed by atoms with E-state index < -0.39 is 0 Å². The molecule has 0 aliphatic carbocycles. The predicted molar refractivity (Wildman–Crippen MR) is 89.0 cm³/mol. The molecule has 0 saturated carbocycles. The molecule has 0 aromatic heterocycles. The normalized spacial score (nSPS) is 17.0. The Kier molecular flexibility index (Phi) is 8.06. The maximum atomic E-state index is 12.1. The van der Waals surface area contributed by atoms with Gasteiger partial charge in [0.15, 0.2) is 0 Å². The Morgan fingerprint density at radius 2 is 2.00 bits per heavy atom. The molecule has 1 atom stereocenters. The van der Waals surface area contributed by atoms with Crippen LogP contribution >= 0.6 is 12.4 Å². The largest absolute Gasteiger partial charge is 0.497 e. The molecule has 1 aromatic carbocycles. The van der Waals surface area contributed by atoms with Gasteiger partial charge in [-0.15, -0.1) is 12.4 Å². The van der Waals surface area contributed by atoms with E-state index in [9.17, 15) is 4.79 Å². The van der Waals surface area contributed by atoms with Crippen LogP contribution in [0.25, 0.3) is 0 Å². The molecule has 1 saturated heterocycles. The highest BCUT2D eigenvalue weighted by atomic mass is 35.5. The molecule has 1 aliphatic heterocycles. The summed E-state index contributed by atoms with van der Waals surface area (Å²) >= 11 is 0. The van der Waals surface area contributed by atoms with Crippen LogP contribution in [0.2, 0.25) is 0 Å². The highest BCUT2D eigenvalue weighted by Crippen LogP contribution is 2.18. The van der Waals surface area contributed by atoms with Crippen LogP contribution in [0.5, 0.6) is 11.5 Å². The van der Waals surface area contributed by atoms with Crippen molar-refractivity contribution in [3.8, 4) is 11.5 Å². The molecule has 124 valence electrons. The van der Waals surface area contributed by atoms with E-state index in [2.05, 4.69) is 5.32 Å². The van der Waals surface area contributed by atoms with E-state index in [-0.39, 0.29) is 18.3 Å². The number of carbonyl (C=O) groups is 1. The van der Waals surface area contributed by atoms with Crippen molar-refractivity contribution in [2.75, 3.05) is 40.4 Å². The van der Waals surface area contributed by atoms with Crippen LogP contribution in [0.1, 0.15) is 12.8 Å². The smallest absolute Gasteiger partial charge is 0.226 e. The standard InChI is InChI=1S/C16H24N2O3.ClH/c1-17-11-13-7-9-18(12-13)16(19)8-10-21-15-5-3-14(20-2)4-6-15;/h3-6,13,17H,7-12H2,1-2H3;1H. The van der Waals surface area contributed by atoms with E-state index in [1.165, 1.54) is 0 Å². The Hall–Kier alpha value is -1.46. The molecule has 1 unspecified atom stereocenters. The first-order chi connectivity index (χ1) is 10.2. The summed E-state index contributed by atoms with van der Waals surface area (Å²) in [5, 5.41) is 3.17. The van der Waals surface area contributed by atoms with Crippen LogP contribution < -0.4 is 14.8 Å². The monoisotopic (exact) mass is 328 g/mol. The topological polar surface area (TPSA) is 50.8 Å². The van der Waals surface area contributed by atoms with E-state index in [0.717, 1.165) is 37.6 Å². The average Bonchev–Trinajstić information content (AvgIpc) is 2.97. The van der Waals surface area contributed by atoms with Crippen molar-refractivity contribution in [1.29, 1.82) is 0 Å². The Bertz CT molecular complexity index is 453. The lowest BCUT2D eigenvalue weighted by atomic mass is 10.1. The number of carbonyl (C=O) groups excluding carboxylic acids is 1. The SMILES string of the molecule is CNCC1CCN(C(=O)CCOc2ccc(OC)cc2)C1.Cl. The first-order valence-corrected chi connectivity index (χ1v) is 7.42. The zero-order valence-corrected chi connectivity index (χ0v) is 14.0. The number of hydrogen-bond acceptors (Lipinski definition) is 4. The van der Waals surface area contributed by atoms with E-state index >= 15 is 0 Å². The lowest BCUT2D eigenvalue weighted by Gasteiger charge is -2.16. The number of nitrogens with zero attached hydrogens (tertiary/aromatic N) is 1. The fourth-order valence-electron chi connectivity index (χ4n) is 2.60. The van der Waals surface area contributed by atoms with Gasteiger partial charge in [-0.25, -0.2) is 0 Å². The number of rotatable bonds is 7. The molecule has 0 spiro atoms. The van der Waals surface area contributed by atoms with Gasteiger partial charge in [-0.05, 0) is 50.2 Å². The van der Waals surface area contributed by atoms with Crippen LogP contribution in [0.15, 0.2) is 24.3 Å². The number of nitrogens with one attached hydrogen (secondary N) is 1. The van der Waals surface area contributed by atoms with Crippen molar-refractivity contribution in [2.24, 2.45) is 5.92 Å². The number of likely N-dealkylation sites (tertiary alicyclic amines) is 1. The van der Waals surface area contributed by atoms with Crippen molar-refractivity contribution >= 4 is 18.3 Å². The summed E-state index contributed by atoms with van der Waals surface area (Å²) in [5.74, 6) is 2.33. The van der Waals surface area contributed by atoms with Crippen molar-refractivity contribution in [2.45, 2.75) is 12.8 Å². The molecule has 1 heterocycles. The third kappa shape index (κ3) is 5.39. The summed E-state index contributed by atoms with van der Waals surface area (Å²) in [6.45, 7) is 3.13. The molecule has 2 rings (SSSR count). The zero-order chi connectivity index (χ0) is 15.1. The summed E-state index contributed by atoms with van der Waals surface area (Å²) in [5.41, 5.74) is 0. The van der Waals surface area contributed by atoms with Gasteiger partial charge >= 0.3 is 0 Å². The molecule has 0 radical (unpaired) electrons. The summed E-state index contributed by atoms with van der Waals surface area (Å²) < 4.78 is 10.7. The second kappa shape index (κ2) is 9.54. The fraction of sp³-hybridized carbons (Fsp3) is 0.562. The van der Waals surface area contributed by atoms with Crippen LogP contribution in [0, 0.1) is 5.92 Å². The number of halogens is 1. The van der Waals surface area contributed by atoms with Gasteiger partial charge in [0.1, 0.15) is 11.5 Å². The van der Waals surface area contributed by atoms with E-state index in [1.54, 1.807) is 7.11 Å². The van der Waals surface area contributed by atoms with Crippen LogP contribution in [-0.4, -0.2) is 51.2 Å². The van der Waals surface area contributed by atoms with Crippen molar-refractivity contribution < 1.29 is 14.3 Å². The van der Waals surface area contributed by atoms with Crippen LogP contribution in [-0.2, 0) is 4.79 Å². The van der Waals surface area contributed by atoms with Gasteiger partial charge < -0.3 is 19.7 Å². The van der Waals surface area contributed by atoms with E-state index in [4.69, 9.17) is 9.47 Å². The highest BCUT2D eigenvalue weighted by molar-refractivity contribution is 5.85. The molecule has 5 nitrogen and oxygen atoms in total. The second-order valence-corrected chi connectivity index (χ2v) is 5.33. The highest BCUT2D eigenvalue weighted by Gasteiger charge is 2.25. The maximum absolute atomic E-state index is 12.1. The van der Waals surface area contributed by atoms with Crippen LogP contribution in [0.4, 0.5) is 0 Å². The van der Waals surface area contributed by atoms with Crippen LogP contribution in [0.3, 0.4) is 0 Å². The minimum absolute atomic E-state index is 0. The van der Waals surface area contributed by atoms with Crippen molar-refractivity contribution in [3.63, 3.8) is 0 Å². The number of hydrogen-bond donors (Lipinski definition) is 1. The Morgan fingerprint density at radius 1 is 1.32 bits per heavy atom. The number of ether oxygens (including phenoxy) is 2. The van der Waals surface area contributed by atoms with Gasteiger partial charge in [0, 0.05) is 13.1 Å². The number of benzene rings is 1. The lowest BCUT2D eigenvalue weighted by Crippen LogP contribution is -2.31. The summed E-state index contributed by atoms with van der Waals surface area (Å²) in [4.78, 5) is 14.0. The van der Waals surface area contributed by atoms with Gasteiger partial charge in [0.05, 0.1) is 20.1 Å². The molecular weight excluding hydrogens is 304 g/mol. The summed E-state index contributed by atoms with van der Waals surface area (Å²) in [7, 11) is 3.58. The first kappa shape index (κ1) is 18.6. The molecule has 0 bridgehead atoms. The van der Waals surface area contributed by atoms with E-state index in [0.29, 0.717) is 18.9 Å². The fourth-order valence-corrected chi connectivity index (χ4v) is 2.60. The molecule has 1 aliphatic rings. The quantitative estimate of drug-likeness (QED) is 0.831. The number of methoxy groups -OCH3 is 1. The lowest BCUT2D eigenvalue weighted by molar-refractivity contribution is -0.130. The van der Waals surface area contributed by atoms with Gasteiger partial charge in [-0.1, -0.05) is 0 Å². The molecule has 22 heavy (non-hydrogen) atoms. The molecular formula is C16H25ClN2O3. The van der Waals surface area contributed by atoms with Gasteiger partial charge in [0.25, 0.3) is 0 Å². The summed E-state index contributed by atoms with van der Waals surface area (Å²) in [6, 6.07) is 7.39. The Morgan fingerprint density at radius 3 is 2.64 bits per heavy atom. The second-order valence-electron chi connectivity index (χ2n) is 5.33. The summed E-state index contributed by atoms with van der Waals surface area (Å²) in [6.07, 6.45) is 1.52.